The number of nitrogens with one attached hydrogen (secondary N) is 1. The zero-order valence-electron chi connectivity index (χ0n) is 11.3. The molecular formula is C15H19N3O. The Morgan fingerprint density at radius 2 is 2.05 bits per heavy atom. The monoisotopic (exact) mass is 257 g/mol. The van der Waals surface area contributed by atoms with Gasteiger partial charge in [0, 0.05) is 0 Å². The molecule has 2 atom stereocenters. The lowest BCUT2D eigenvalue weighted by molar-refractivity contribution is -0.127. The molecule has 1 aromatic carbocycles. The second-order valence-corrected chi connectivity index (χ2v) is 5.49. The van der Waals surface area contributed by atoms with Crippen molar-refractivity contribution in [3.05, 3.63) is 35.4 Å². The third-order valence-corrected chi connectivity index (χ3v) is 3.80. The minimum Gasteiger partial charge on any atom is -0.348 e. The highest BCUT2D eigenvalue weighted by Crippen LogP contribution is 2.38. The molecule has 0 heterocycles. The van der Waals surface area contributed by atoms with Gasteiger partial charge >= 0.3 is 0 Å². The van der Waals surface area contributed by atoms with Gasteiger partial charge in [-0.25, -0.2) is 0 Å². The van der Waals surface area contributed by atoms with E-state index in [1.54, 1.807) is 19.1 Å². The van der Waals surface area contributed by atoms with Crippen LogP contribution < -0.4 is 11.1 Å². The van der Waals surface area contributed by atoms with Crippen LogP contribution in [0, 0.1) is 17.2 Å². The largest absolute Gasteiger partial charge is 0.348 e. The molecule has 100 valence electrons. The topological polar surface area (TPSA) is 78.9 Å². The smallest absolute Gasteiger partial charge is 0.240 e. The number of carbonyl (C=O) groups excluding carboxylic acids is 1. The van der Waals surface area contributed by atoms with Gasteiger partial charge in [0.25, 0.3) is 0 Å². The molecule has 0 bridgehead atoms. The van der Waals surface area contributed by atoms with Crippen molar-refractivity contribution in [3.63, 3.8) is 0 Å². The number of nitrogens with two attached hydrogens (primary N) is 1. The molecule has 0 saturated heterocycles. The average Bonchev–Trinajstić information content (AvgIpc) is 3.23. The lowest BCUT2D eigenvalue weighted by Gasteiger charge is -2.26. The van der Waals surface area contributed by atoms with E-state index in [4.69, 9.17) is 11.0 Å². The molecule has 1 fully saturated rings. The lowest BCUT2D eigenvalue weighted by atomic mass is 9.95. The van der Waals surface area contributed by atoms with Crippen LogP contribution in [-0.4, -0.2) is 11.4 Å². The summed E-state index contributed by atoms with van der Waals surface area (Å²) in [7, 11) is 0. The summed E-state index contributed by atoms with van der Waals surface area (Å²) in [5.74, 6) is 0.201. The van der Waals surface area contributed by atoms with Crippen LogP contribution in [0.4, 0.5) is 0 Å². The molecule has 1 amide bonds. The normalized spacial score (nSPS) is 19.1. The summed E-state index contributed by atoms with van der Waals surface area (Å²) < 4.78 is 0. The van der Waals surface area contributed by atoms with Gasteiger partial charge in [0.2, 0.25) is 5.91 Å². The molecule has 0 radical (unpaired) electrons. The van der Waals surface area contributed by atoms with Gasteiger partial charge in [0.1, 0.15) is 0 Å². The summed E-state index contributed by atoms with van der Waals surface area (Å²) in [6.45, 7) is 3.72. The van der Waals surface area contributed by atoms with E-state index in [0.29, 0.717) is 11.5 Å². The first-order valence-electron chi connectivity index (χ1n) is 6.55. The first-order valence-corrected chi connectivity index (χ1v) is 6.55. The Hall–Kier alpha value is -1.86. The number of amides is 1. The van der Waals surface area contributed by atoms with Crippen molar-refractivity contribution < 1.29 is 4.79 Å². The number of nitriles is 1. The van der Waals surface area contributed by atoms with Gasteiger partial charge in [0.15, 0.2) is 0 Å². The molecule has 1 aliphatic rings. The number of hydrogen-bond acceptors (Lipinski definition) is 3. The average molecular weight is 257 g/mol. The van der Waals surface area contributed by atoms with E-state index >= 15 is 0 Å². The van der Waals surface area contributed by atoms with Crippen LogP contribution in [0.5, 0.6) is 0 Å². The molecule has 1 aliphatic carbocycles. The predicted octanol–water partition coefficient (Wildman–Crippen LogP) is 1.86. The molecule has 0 spiro atoms. The Morgan fingerprint density at radius 1 is 1.47 bits per heavy atom. The standard InChI is InChI=1S/C15H19N3O/c1-10(12-5-3-11(9-16)4-6-12)18-14(19)15(2,17)13-7-8-13/h3-6,10,13H,7-8,17H2,1-2H3,(H,18,19). The van der Waals surface area contributed by atoms with Crippen molar-refractivity contribution >= 4 is 5.91 Å². The molecule has 0 aromatic heterocycles. The Labute approximate surface area is 113 Å². The van der Waals surface area contributed by atoms with E-state index in [2.05, 4.69) is 11.4 Å². The third-order valence-electron chi connectivity index (χ3n) is 3.80. The van der Waals surface area contributed by atoms with Crippen molar-refractivity contribution in [2.45, 2.75) is 38.3 Å². The van der Waals surface area contributed by atoms with Crippen LogP contribution >= 0.6 is 0 Å². The van der Waals surface area contributed by atoms with Gasteiger partial charge in [-0.2, -0.15) is 5.26 Å². The highest BCUT2D eigenvalue weighted by molar-refractivity contribution is 5.86. The maximum atomic E-state index is 12.2. The number of rotatable bonds is 4. The van der Waals surface area contributed by atoms with Gasteiger partial charge in [-0.3, -0.25) is 4.79 Å². The molecular weight excluding hydrogens is 238 g/mol. The van der Waals surface area contributed by atoms with Crippen molar-refractivity contribution in [1.29, 1.82) is 5.26 Å². The third kappa shape index (κ3) is 2.94. The highest BCUT2D eigenvalue weighted by atomic mass is 16.2. The van der Waals surface area contributed by atoms with Crippen LogP contribution in [0.25, 0.3) is 0 Å². The van der Waals surface area contributed by atoms with Crippen molar-refractivity contribution in [2.75, 3.05) is 0 Å². The van der Waals surface area contributed by atoms with Crippen molar-refractivity contribution in [1.82, 2.24) is 5.32 Å². The SMILES string of the molecule is CC(NC(=O)C(C)(N)C1CC1)c1ccc(C#N)cc1. The van der Waals surface area contributed by atoms with Crippen LogP contribution in [0.15, 0.2) is 24.3 Å². The summed E-state index contributed by atoms with van der Waals surface area (Å²) >= 11 is 0. The number of hydrogen-bond donors (Lipinski definition) is 2. The fraction of sp³-hybridized carbons (Fsp3) is 0.467. The van der Waals surface area contributed by atoms with Crippen molar-refractivity contribution in [2.24, 2.45) is 11.7 Å². The summed E-state index contributed by atoms with van der Waals surface area (Å²) in [4.78, 5) is 12.2. The maximum absolute atomic E-state index is 12.2. The molecule has 3 N–H and O–H groups in total. The first-order chi connectivity index (χ1) is 8.95. The number of carbonyl (C=O) groups is 1. The Kier molecular flexibility index (Phi) is 3.59. The Balaban J connectivity index is 2.02. The molecule has 1 saturated carbocycles. The Morgan fingerprint density at radius 3 is 2.53 bits per heavy atom. The van der Waals surface area contributed by atoms with E-state index in [1.807, 2.05) is 19.1 Å². The zero-order valence-corrected chi connectivity index (χ0v) is 11.3. The lowest BCUT2D eigenvalue weighted by Crippen LogP contribution is -2.53. The minimum atomic E-state index is -0.777. The minimum absolute atomic E-state index is 0.105. The summed E-state index contributed by atoms with van der Waals surface area (Å²) in [6, 6.07) is 9.18. The van der Waals surface area contributed by atoms with Gasteiger partial charge in [0.05, 0.1) is 23.2 Å². The van der Waals surface area contributed by atoms with Crippen LogP contribution in [-0.2, 0) is 4.79 Å². The molecule has 1 aromatic rings. The van der Waals surface area contributed by atoms with Gasteiger partial charge in [-0.1, -0.05) is 12.1 Å². The molecule has 2 unspecified atom stereocenters. The predicted molar refractivity (Wildman–Crippen MR) is 73.0 cm³/mol. The van der Waals surface area contributed by atoms with E-state index in [1.165, 1.54) is 0 Å². The first kappa shape index (κ1) is 13.6. The fourth-order valence-corrected chi connectivity index (χ4v) is 2.15. The van der Waals surface area contributed by atoms with Crippen LogP contribution in [0.3, 0.4) is 0 Å². The molecule has 19 heavy (non-hydrogen) atoms. The molecule has 2 rings (SSSR count). The highest BCUT2D eigenvalue weighted by Gasteiger charge is 2.44. The van der Waals surface area contributed by atoms with E-state index in [-0.39, 0.29) is 11.9 Å². The van der Waals surface area contributed by atoms with E-state index in [0.717, 1.165) is 18.4 Å². The maximum Gasteiger partial charge on any atom is 0.240 e. The zero-order chi connectivity index (χ0) is 14.0. The Bertz CT molecular complexity index is 509. The quantitative estimate of drug-likeness (QED) is 0.864. The van der Waals surface area contributed by atoms with Crippen LogP contribution in [0.1, 0.15) is 43.9 Å². The second-order valence-electron chi connectivity index (χ2n) is 5.49. The second kappa shape index (κ2) is 5.02. The van der Waals surface area contributed by atoms with Gasteiger partial charge < -0.3 is 11.1 Å². The number of benzene rings is 1. The number of nitrogens with zero attached hydrogens (tertiary/aromatic N) is 1. The molecule has 0 aliphatic heterocycles. The fourth-order valence-electron chi connectivity index (χ4n) is 2.15. The van der Waals surface area contributed by atoms with Crippen LogP contribution in [0.2, 0.25) is 0 Å². The molecule has 4 heteroatoms. The summed E-state index contributed by atoms with van der Waals surface area (Å²) in [5, 5.41) is 11.7. The summed E-state index contributed by atoms with van der Waals surface area (Å²) in [6.07, 6.45) is 2.07. The molecule has 4 nitrogen and oxygen atoms in total. The van der Waals surface area contributed by atoms with Gasteiger partial charge in [-0.15, -0.1) is 0 Å². The summed E-state index contributed by atoms with van der Waals surface area (Å²) in [5.41, 5.74) is 6.89. The van der Waals surface area contributed by atoms with E-state index < -0.39 is 5.54 Å². The van der Waals surface area contributed by atoms with Gasteiger partial charge in [-0.05, 0) is 50.3 Å². The van der Waals surface area contributed by atoms with Crippen molar-refractivity contribution in [3.8, 4) is 6.07 Å². The van der Waals surface area contributed by atoms with E-state index in [9.17, 15) is 4.79 Å².